The summed E-state index contributed by atoms with van der Waals surface area (Å²) in [6.07, 6.45) is 1.26. The van der Waals surface area contributed by atoms with Gasteiger partial charge in [-0.3, -0.25) is 0 Å². The van der Waals surface area contributed by atoms with Gasteiger partial charge < -0.3 is 0 Å². The minimum atomic E-state index is -0.617. The van der Waals surface area contributed by atoms with Gasteiger partial charge in [-0.25, -0.2) is 4.98 Å². The second-order valence-corrected chi connectivity index (χ2v) is 1.48. The van der Waals surface area contributed by atoms with E-state index in [1.807, 2.05) is 0 Å². The molecule has 0 bridgehead atoms. The minimum Gasteiger partial charge on any atom is -0.228 e. The summed E-state index contributed by atoms with van der Waals surface area (Å²) in [5.74, 6) is -0.617. The molecule has 0 aliphatic carbocycles. The van der Waals surface area contributed by atoms with Gasteiger partial charge in [-0.2, -0.15) is 9.65 Å². The van der Waals surface area contributed by atoms with E-state index in [4.69, 9.17) is 5.26 Å². The fourth-order valence-corrected chi connectivity index (χ4v) is 0.472. The molecule has 0 aromatic carbocycles. The van der Waals surface area contributed by atoms with Crippen LogP contribution in [0.3, 0.4) is 0 Å². The van der Waals surface area contributed by atoms with Crippen LogP contribution in [-0.4, -0.2) is 4.98 Å². The SMILES string of the molecule is N#Cc1ccnc(F)c1. The van der Waals surface area contributed by atoms with Crippen LogP contribution in [0.15, 0.2) is 18.3 Å². The van der Waals surface area contributed by atoms with Crippen molar-refractivity contribution in [1.82, 2.24) is 4.98 Å². The Balaban J connectivity index is 3.12. The number of rotatable bonds is 0. The first-order valence-electron chi connectivity index (χ1n) is 2.34. The third-order valence-electron chi connectivity index (χ3n) is 0.856. The van der Waals surface area contributed by atoms with Gasteiger partial charge in [0.15, 0.2) is 0 Å². The Morgan fingerprint density at radius 1 is 1.67 bits per heavy atom. The van der Waals surface area contributed by atoms with Crippen LogP contribution < -0.4 is 0 Å². The quantitative estimate of drug-likeness (QED) is 0.483. The smallest absolute Gasteiger partial charge is 0.214 e. The van der Waals surface area contributed by atoms with E-state index in [-0.39, 0.29) is 0 Å². The fourth-order valence-electron chi connectivity index (χ4n) is 0.472. The summed E-state index contributed by atoms with van der Waals surface area (Å²) in [7, 11) is 0. The summed E-state index contributed by atoms with van der Waals surface area (Å²) in [5.41, 5.74) is 0.294. The largest absolute Gasteiger partial charge is 0.228 e. The average Bonchev–Trinajstić information content (AvgIpc) is 1.88. The molecule has 1 rings (SSSR count). The van der Waals surface area contributed by atoms with Gasteiger partial charge in [0, 0.05) is 12.3 Å². The molecule has 0 saturated heterocycles. The monoisotopic (exact) mass is 122 g/mol. The van der Waals surface area contributed by atoms with Gasteiger partial charge >= 0.3 is 0 Å². The lowest BCUT2D eigenvalue weighted by molar-refractivity contribution is 0.583. The number of hydrogen-bond acceptors (Lipinski definition) is 2. The molecule has 1 aromatic rings. The standard InChI is InChI=1S/C6H3FN2/c7-6-3-5(4-8)1-2-9-6/h1-3H. The fraction of sp³-hybridized carbons (Fsp3) is 0. The van der Waals surface area contributed by atoms with Gasteiger partial charge in [0.2, 0.25) is 5.95 Å². The summed E-state index contributed by atoms with van der Waals surface area (Å²) in [6, 6.07) is 4.32. The molecule has 0 saturated carbocycles. The predicted octanol–water partition coefficient (Wildman–Crippen LogP) is 1.09. The lowest BCUT2D eigenvalue weighted by atomic mass is 10.3. The Morgan fingerprint density at radius 2 is 2.44 bits per heavy atom. The van der Waals surface area contributed by atoms with Crippen LogP contribution in [0.5, 0.6) is 0 Å². The van der Waals surface area contributed by atoms with Gasteiger partial charge in [-0.15, -0.1) is 0 Å². The maximum absolute atomic E-state index is 12.1. The molecule has 1 heterocycles. The van der Waals surface area contributed by atoms with Crippen molar-refractivity contribution in [2.45, 2.75) is 0 Å². The van der Waals surface area contributed by atoms with Crippen molar-refractivity contribution in [3.8, 4) is 6.07 Å². The zero-order chi connectivity index (χ0) is 6.69. The highest BCUT2D eigenvalue weighted by atomic mass is 19.1. The Labute approximate surface area is 51.6 Å². The molecule has 2 nitrogen and oxygen atoms in total. The van der Waals surface area contributed by atoms with Crippen molar-refractivity contribution in [2.75, 3.05) is 0 Å². The molecular weight excluding hydrogens is 119 g/mol. The predicted molar refractivity (Wildman–Crippen MR) is 28.9 cm³/mol. The van der Waals surface area contributed by atoms with Crippen LogP contribution in [0, 0.1) is 17.3 Å². The number of nitrogens with zero attached hydrogens (tertiary/aromatic N) is 2. The summed E-state index contributed by atoms with van der Waals surface area (Å²) in [5, 5.41) is 8.22. The van der Waals surface area contributed by atoms with E-state index >= 15 is 0 Å². The molecule has 9 heavy (non-hydrogen) atoms. The average molecular weight is 122 g/mol. The molecule has 0 unspecified atom stereocenters. The Kier molecular flexibility index (Phi) is 1.41. The zero-order valence-corrected chi connectivity index (χ0v) is 4.50. The molecule has 3 heteroatoms. The van der Waals surface area contributed by atoms with E-state index in [9.17, 15) is 4.39 Å². The van der Waals surface area contributed by atoms with Gasteiger partial charge in [0.05, 0.1) is 11.6 Å². The van der Waals surface area contributed by atoms with Crippen molar-refractivity contribution < 1.29 is 4.39 Å². The third-order valence-corrected chi connectivity index (χ3v) is 0.856. The maximum atomic E-state index is 12.1. The van der Waals surface area contributed by atoms with E-state index in [0.29, 0.717) is 5.56 Å². The highest BCUT2D eigenvalue weighted by Crippen LogP contribution is 1.96. The van der Waals surface area contributed by atoms with E-state index in [1.54, 1.807) is 6.07 Å². The lowest BCUT2D eigenvalue weighted by Crippen LogP contribution is -1.81. The van der Waals surface area contributed by atoms with Crippen LogP contribution in [0.1, 0.15) is 5.56 Å². The van der Waals surface area contributed by atoms with Crippen LogP contribution >= 0.6 is 0 Å². The summed E-state index contributed by atoms with van der Waals surface area (Å²) < 4.78 is 12.1. The van der Waals surface area contributed by atoms with Crippen molar-refractivity contribution >= 4 is 0 Å². The first-order valence-corrected chi connectivity index (χ1v) is 2.34. The molecule has 0 aliphatic heterocycles. The number of hydrogen-bond donors (Lipinski definition) is 0. The molecule has 0 fully saturated rings. The first kappa shape index (κ1) is 5.70. The number of halogens is 1. The Hall–Kier alpha value is -1.43. The second kappa shape index (κ2) is 2.23. The molecule has 0 radical (unpaired) electrons. The summed E-state index contributed by atoms with van der Waals surface area (Å²) in [6.45, 7) is 0. The van der Waals surface area contributed by atoms with Gasteiger partial charge in [-0.1, -0.05) is 0 Å². The first-order chi connectivity index (χ1) is 4.33. The highest BCUT2D eigenvalue weighted by Gasteiger charge is 1.90. The zero-order valence-electron chi connectivity index (χ0n) is 4.50. The molecule has 0 aliphatic rings. The van der Waals surface area contributed by atoms with Crippen LogP contribution in [0.25, 0.3) is 0 Å². The van der Waals surface area contributed by atoms with Crippen molar-refractivity contribution in [3.63, 3.8) is 0 Å². The van der Waals surface area contributed by atoms with Gasteiger partial charge in [-0.05, 0) is 6.07 Å². The Bertz CT molecular complexity index is 251. The summed E-state index contributed by atoms with van der Waals surface area (Å²) in [4.78, 5) is 3.27. The van der Waals surface area contributed by atoms with Crippen LogP contribution in [0.2, 0.25) is 0 Å². The van der Waals surface area contributed by atoms with Gasteiger partial charge in [0.25, 0.3) is 0 Å². The lowest BCUT2D eigenvalue weighted by Gasteiger charge is -1.84. The van der Waals surface area contributed by atoms with Crippen molar-refractivity contribution in [2.24, 2.45) is 0 Å². The molecule has 0 N–H and O–H groups in total. The van der Waals surface area contributed by atoms with E-state index in [0.717, 1.165) is 6.07 Å². The third kappa shape index (κ3) is 1.23. The Morgan fingerprint density at radius 3 is 2.89 bits per heavy atom. The van der Waals surface area contributed by atoms with E-state index in [2.05, 4.69) is 4.98 Å². The van der Waals surface area contributed by atoms with Crippen molar-refractivity contribution in [1.29, 1.82) is 5.26 Å². The van der Waals surface area contributed by atoms with Crippen LogP contribution in [-0.2, 0) is 0 Å². The van der Waals surface area contributed by atoms with Gasteiger partial charge in [0.1, 0.15) is 0 Å². The molecule has 1 aromatic heterocycles. The number of nitriles is 1. The minimum absolute atomic E-state index is 0.294. The second-order valence-electron chi connectivity index (χ2n) is 1.48. The molecule has 0 amide bonds. The molecule has 0 atom stereocenters. The van der Waals surface area contributed by atoms with E-state index in [1.165, 1.54) is 12.3 Å². The number of pyridine rings is 1. The topological polar surface area (TPSA) is 36.7 Å². The molecule has 44 valence electrons. The molecule has 0 spiro atoms. The highest BCUT2D eigenvalue weighted by molar-refractivity contribution is 5.25. The number of aromatic nitrogens is 1. The normalized spacial score (nSPS) is 8.44. The van der Waals surface area contributed by atoms with E-state index < -0.39 is 5.95 Å². The summed E-state index contributed by atoms with van der Waals surface area (Å²) >= 11 is 0. The van der Waals surface area contributed by atoms with Crippen molar-refractivity contribution in [3.05, 3.63) is 29.8 Å². The maximum Gasteiger partial charge on any atom is 0.214 e. The van der Waals surface area contributed by atoms with Crippen LogP contribution in [0.4, 0.5) is 4.39 Å². The molecular formula is C6H3FN2.